The highest BCUT2D eigenvalue weighted by Gasteiger charge is 2.09. The van der Waals surface area contributed by atoms with Gasteiger partial charge >= 0.3 is 0 Å². The molecule has 0 aromatic carbocycles. The summed E-state index contributed by atoms with van der Waals surface area (Å²) in [7, 11) is 0. The van der Waals surface area contributed by atoms with Gasteiger partial charge < -0.3 is 0 Å². The standard InChI is InChI=1S/C11H18/c1-4-9(2)11-8-6-5-7-10(11)3/h6,8-9H,4-5,7H2,1-3H3. The van der Waals surface area contributed by atoms with E-state index in [9.17, 15) is 0 Å². The summed E-state index contributed by atoms with van der Waals surface area (Å²) in [6.45, 7) is 6.84. The smallest absolute Gasteiger partial charge is 0.0194 e. The average Bonchev–Trinajstić information content (AvgIpc) is 2.04. The van der Waals surface area contributed by atoms with Crippen molar-refractivity contribution >= 4 is 0 Å². The molecule has 0 heterocycles. The van der Waals surface area contributed by atoms with E-state index in [0.717, 1.165) is 5.92 Å². The van der Waals surface area contributed by atoms with Crippen LogP contribution in [0.5, 0.6) is 0 Å². The molecule has 0 bridgehead atoms. The summed E-state index contributed by atoms with van der Waals surface area (Å²) >= 11 is 0. The lowest BCUT2D eigenvalue weighted by Gasteiger charge is -2.17. The van der Waals surface area contributed by atoms with Gasteiger partial charge in [-0.1, -0.05) is 31.6 Å². The molecule has 1 rings (SSSR count). The Bertz CT molecular complexity index is 184. The highest BCUT2D eigenvalue weighted by atomic mass is 14.1. The molecule has 0 spiro atoms. The van der Waals surface area contributed by atoms with E-state index in [1.54, 1.807) is 11.1 Å². The van der Waals surface area contributed by atoms with E-state index in [4.69, 9.17) is 0 Å². The summed E-state index contributed by atoms with van der Waals surface area (Å²) in [5, 5.41) is 0. The van der Waals surface area contributed by atoms with Crippen molar-refractivity contribution in [3.63, 3.8) is 0 Å². The van der Waals surface area contributed by atoms with Crippen LogP contribution < -0.4 is 0 Å². The molecule has 0 fully saturated rings. The SMILES string of the molecule is CCC(C)C1=C(C)CCC=C1. The molecule has 0 N–H and O–H groups in total. The normalized spacial score (nSPS) is 20.6. The van der Waals surface area contributed by atoms with E-state index >= 15 is 0 Å². The molecule has 0 saturated heterocycles. The number of hydrogen-bond donors (Lipinski definition) is 0. The third-order valence-electron chi connectivity index (χ3n) is 2.62. The van der Waals surface area contributed by atoms with Crippen molar-refractivity contribution in [2.75, 3.05) is 0 Å². The minimum atomic E-state index is 0.756. The van der Waals surface area contributed by atoms with Crippen molar-refractivity contribution in [2.24, 2.45) is 5.92 Å². The van der Waals surface area contributed by atoms with Crippen molar-refractivity contribution < 1.29 is 0 Å². The van der Waals surface area contributed by atoms with Crippen LogP contribution in [0.2, 0.25) is 0 Å². The van der Waals surface area contributed by atoms with Gasteiger partial charge in [0, 0.05) is 0 Å². The minimum absolute atomic E-state index is 0.756. The molecule has 0 amide bonds. The molecule has 0 radical (unpaired) electrons. The van der Waals surface area contributed by atoms with Crippen LogP contribution in [0.25, 0.3) is 0 Å². The third kappa shape index (κ3) is 1.95. The Kier molecular flexibility index (Phi) is 2.92. The van der Waals surface area contributed by atoms with Crippen LogP contribution in [0.4, 0.5) is 0 Å². The molecule has 0 saturated carbocycles. The first-order chi connectivity index (χ1) is 5.25. The Hall–Kier alpha value is -0.520. The van der Waals surface area contributed by atoms with E-state index in [2.05, 4.69) is 32.9 Å². The monoisotopic (exact) mass is 150 g/mol. The fraction of sp³-hybridized carbons (Fsp3) is 0.636. The fourth-order valence-electron chi connectivity index (χ4n) is 1.60. The van der Waals surface area contributed by atoms with Gasteiger partial charge in [-0.15, -0.1) is 0 Å². The minimum Gasteiger partial charge on any atom is -0.0839 e. The van der Waals surface area contributed by atoms with Crippen molar-refractivity contribution in [3.8, 4) is 0 Å². The second-order valence-electron chi connectivity index (χ2n) is 3.49. The number of allylic oxidation sites excluding steroid dienone is 4. The largest absolute Gasteiger partial charge is 0.0839 e. The van der Waals surface area contributed by atoms with Crippen LogP contribution in [0.1, 0.15) is 40.0 Å². The van der Waals surface area contributed by atoms with Crippen LogP contribution in [0.3, 0.4) is 0 Å². The topological polar surface area (TPSA) is 0 Å². The first-order valence-corrected chi connectivity index (χ1v) is 4.62. The fourth-order valence-corrected chi connectivity index (χ4v) is 1.60. The van der Waals surface area contributed by atoms with Gasteiger partial charge in [-0.05, 0) is 37.7 Å². The maximum atomic E-state index is 2.31. The van der Waals surface area contributed by atoms with Crippen LogP contribution in [-0.4, -0.2) is 0 Å². The predicted molar refractivity (Wildman–Crippen MR) is 50.5 cm³/mol. The zero-order valence-corrected chi connectivity index (χ0v) is 7.85. The molecule has 0 aromatic rings. The van der Waals surface area contributed by atoms with Crippen LogP contribution in [0, 0.1) is 5.92 Å². The second kappa shape index (κ2) is 3.75. The van der Waals surface area contributed by atoms with Crippen molar-refractivity contribution in [1.29, 1.82) is 0 Å². The van der Waals surface area contributed by atoms with Gasteiger partial charge in [-0.2, -0.15) is 0 Å². The third-order valence-corrected chi connectivity index (χ3v) is 2.62. The molecule has 62 valence electrons. The summed E-state index contributed by atoms with van der Waals surface area (Å²) in [5.41, 5.74) is 3.18. The Balaban J connectivity index is 2.75. The molecule has 1 aliphatic carbocycles. The Morgan fingerprint density at radius 3 is 2.82 bits per heavy atom. The van der Waals surface area contributed by atoms with E-state index in [0.29, 0.717) is 0 Å². The van der Waals surface area contributed by atoms with E-state index < -0.39 is 0 Å². The zero-order valence-electron chi connectivity index (χ0n) is 7.85. The molecule has 0 nitrogen and oxygen atoms in total. The highest BCUT2D eigenvalue weighted by Crippen LogP contribution is 2.25. The van der Waals surface area contributed by atoms with Gasteiger partial charge in [0.1, 0.15) is 0 Å². The van der Waals surface area contributed by atoms with E-state index in [1.807, 2.05) is 0 Å². The molecule has 11 heavy (non-hydrogen) atoms. The number of rotatable bonds is 2. The molecular formula is C11H18. The quantitative estimate of drug-likeness (QED) is 0.563. The maximum Gasteiger partial charge on any atom is -0.0194 e. The summed E-state index contributed by atoms with van der Waals surface area (Å²) in [4.78, 5) is 0. The average molecular weight is 150 g/mol. The maximum absolute atomic E-state index is 2.31. The van der Waals surface area contributed by atoms with Crippen molar-refractivity contribution in [2.45, 2.75) is 40.0 Å². The molecule has 1 atom stereocenters. The lowest BCUT2D eigenvalue weighted by molar-refractivity contribution is 0.652. The van der Waals surface area contributed by atoms with Crippen LogP contribution in [-0.2, 0) is 0 Å². The summed E-state index contributed by atoms with van der Waals surface area (Å²) < 4.78 is 0. The molecule has 0 heteroatoms. The highest BCUT2D eigenvalue weighted by molar-refractivity contribution is 5.29. The second-order valence-corrected chi connectivity index (χ2v) is 3.49. The van der Waals surface area contributed by atoms with Crippen LogP contribution >= 0.6 is 0 Å². The van der Waals surface area contributed by atoms with Gasteiger partial charge in [0.25, 0.3) is 0 Å². The van der Waals surface area contributed by atoms with Crippen molar-refractivity contribution in [1.82, 2.24) is 0 Å². The predicted octanol–water partition coefficient (Wildman–Crippen LogP) is 3.70. The Morgan fingerprint density at radius 1 is 1.55 bits per heavy atom. The van der Waals surface area contributed by atoms with Gasteiger partial charge in [-0.3, -0.25) is 0 Å². The molecule has 0 aliphatic heterocycles. The van der Waals surface area contributed by atoms with Gasteiger partial charge in [-0.25, -0.2) is 0 Å². The molecular weight excluding hydrogens is 132 g/mol. The first kappa shape index (κ1) is 8.58. The first-order valence-electron chi connectivity index (χ1n) is 4.62. The van der Waals surface area contributed by atoms with Crippen LogP contribution in [0.15, 0.2) is 23.3 Å². The molecule has 1 aliphatic rings. The summed E-state index contributed by atoms with van der Waals surface area (Å²) in [6.07, 6.45) is 8.39. The summed E-state index contributed by atoms with van der Waals surface area (Å²) in [5.74, 6) is 0.756. The molecule has 0 aromatic heterocycles. The van der Waals surface area contributed by atoms with E-state index in [1.165, 1.54) is 19.3 Å². The van der Waals surface area contributed by atoms with Gasteiger partial charge in [0.2, 0.25) is 0 Å². The Morgan fingerprint density at radius 2 is 2.27 bits per heavy atom. The van der Waals surface area contributed by atoms with E-state index in [-0.39, 0.29) is 0 Å². The van der Waals surface area contributed by atoms with Crippen molar-refractivity contribution in [3.05, 3.63) is 23.3 Å². The summed E-state index contributed by atoms with van der Waals surface area (Å²) in [6, 6.07) is 0. The molecule has 1 unspecified atom stereocenters. The van der Waals surface area contributed by atoms with Gasteiger partial charge in [0.15, 0.2) is 0 Å². The lowest BCUT2D eigenvalue weighted by Crippen LogP contribution is -2.01. The number of hydrogen-bond acceptors (Lipinski definition) is 0. The Labute approximate surface area is 70.0 Å². The lowest BCUT2D eigenvalue weighted by atomic mass is 9.89. The van der Waals surface area contributed by atoms with Gasteiger partial charge in [0.05, 0.1) is 0 Å². The zero-order chi connectivity index (χ0) is 8.27.